The van der Waals surface area contributed by atoms with E-state index in [1.165, 1.54) is 24.3 Å². The molecule has 0 radical (unpaired) electrons. The van der Waals surface area contributed by atoms with Gasteiger partial charge in [-0.15, -0.1) is 0 Å². The van der Waals surface area contributed by atoms with E-state index in [9.17, 15) is 21.6 Å². The number of hydrogen-bond donors (Lipinski definition) is 2. The molecule has 25 heavy (non-hydrogen) atoms. The van der Waals surface area contributed by atoms with Gasteiger partial charge in [-0.3, -0.25) is 4.79 Å². The van der Waals surface area contributed by atoms with Crippen LogP contribution in [-0.4, -0.2) is 52.7 Å². The van der Waals surface area contributed by atoms with Crippen LogP contribution in [-0.2, 0) is 24.8 Å². The summed E-state index contributed by atoms with van der Waals surface area (Å²) in [5, 5.41) is 2.55. The first-order valence-electron chi connectivity index (χ1n) is 8.10. The smallest absolute Gasteiger partial charge is 0.243 e. The molecule has 1 saturated carbocycles. The fourth-order valence-electron chi connectivity index (χ4n) is 2.21. The van der Waals surface area contributed by atoms with Crippen LogP contribution < -0.4 is 10.0 Å². The molecule has 2 N–H and O–H groups in total. The van der Waals surface area contributed by atoms with Gasteiger partial charge in [0.2, 0.25) is 26.0 Å². The van der Waals surface area contributed by atoms with Crippen molar-refractivity contribution in [1.29, 1.82) is 0 Å². The molecule has 1 aliphatic rings. The Morgan fingerprint density at radius 1 is 1.08 bits per heavy atom. The summed E-state index contributed by atoms with van der Waals surface area (Å²) in [6.07, 6.45) is 1.63. The lowest BCUT2D eigenvalue weighted by Gasteiger charge is -2.20. The number of rotatable bonds is 9. The molecule has 1 aromatic carbocycles. The molecule has 1 fully saturated rings. The quantitative estimate of drug-likeness (QED) is 0.630. The number of amides is 1. The van der Waals surface area contributed by atoms with Crippen LogP contribution in [0.1, 0.15) is 26.7 Å². The van der Waals surface area contributed by atoms with E-state index < -0.39 is 20.0 Å². The molecule has 1 aromatic rings. The van der Waals surface area contributed by atoms with Gasteiger partial charge >= 0.3 is 0 Å². The van der Waals surface area contributed by atoms with Crippen molar-refractivity contribution in [2.45, 2.75) is 42.5 Å². The van der Waals surface area contributed by atoms with Gasteiger partial charge in [0.1, 0.15) is 0 Å². The minimum Gasteiger partial charge on any atom is -0.355 e. The van der Waals surface area contributed by atoms with Crippen LogP contribution in [0.15, 0.2) is 34.1 Å². The van der Waals surface area contributed by atoms with Gasteiger partial charge in [-0.05, 0) is 44.0 Å². The summed E-state index contributed by atoms with van der Waals surface area (Å²) in [6.45, 7) is 3.64. The summed E-state index contributed by atoms with van der Waals surface area (Å²) < 4.78 is 53.1. The minimum atomic E-state index is -3.88. The number of carbonyl (C=O) groups excluding carboxylic acids is 1. The molecule has 1 amide bonds. The second-order valence-corrected chi connectivity index (χ2v) is 9.40. The Bertz CT molecular complexity index is 815. The van der Waals surface area contributed by atoms with Crippen LogP contribution in [0.2, 0.25) is 0 Å². The third kappa shape index (κ3) is 5.00. The van der Waals surface area contributed by atoms with Crippen LogP contribution in [0.4, 0.5) is 0 Å². The highest BCUT2D eigenvalue weighted by Gasteiger charge is 2.29. The zero-order chi connectivity index (χ0) is 18.7. The van der Waals surface area contributed by atoms with Crippen LogP contribution in [0.5, 0.6) is 0 Å². The summed E-state index contributed by atoms with van der Waals surface area (Å²) >= 11 is 0. The lowest BCUT2D eigenvalue weighted by molar-refractivity contribution is -0.121. The van der Waals surface area contributed by atoms with E-state index in [1.54, 1.807) is 13.8 Å². The summed E-state index contributed by atoms with van der Waals surface area (Å²) in [7, 11) is -7.51. The maximum atomic E-state index is 12.6. The number of nitrogens with zero attached hydrogens (tertiary/aromatic N) is 1. The second kappa shape index (κ2) is 7.81. The van der Waals surface area contributed by atoms with Crippen molar-refractivity contribution in [3.63, 3.8) is 0 Å². The molecule has 1 aliphatic carbocycles. The van der Waals surface area contributed by atoms with Gasteiger partial charge in [0.15, 0.2) is 0 Å². The average Bonchev–Trinajstić information content (AvgIpc) is 3.36. The van der Waals surface area contributed by atoms with Crippen molar-refractivity contribution < 1.29 is 21.6 Å². The maximum Gasteiger partial charge on any atom is 0.243 e. The van der Waals surface area contributed by atoms with Gasteiger partial charge in [0.05, 0.1) is 16.3 Å². The molecule has 0 aliphatic heterocycles. The fraction of sp³-hybridized carbons (Fsp3) is 0.533. The van der Waals surface area contributed by atoms with E-state index in [0.29, 0.717) is 6.54 Å². The van der Waals surface area contributed by atoms with Crippen molar-refractivity contribution in [2.24, 2.45) is 0 Å². The summed E-state index contributed by atoms with van der Waals surface area (Å²) in [5.74, 6) is -0.388. The Balaban J connectivity index is 2.19. The molecule has 0 spiro atoms. The van der Waals surface area contributed by atoms with Crippen molar-refractivity contribution in [3.05, 3.63) is 24.3 Å². The van der Waals surface area contributed by atoms with E-state index in [1.807, 2.05) is 0 Å². The lowest BCUT2D eigenvalue weighted by atomic mass is 10.4. The van der Waals surface area contributed by atoms with Crippen LogP contribution in [0, 0.1) is 0 Å². The summed E-state index contributed by atoms with van der Waals surface area (Å²) in [4.78, 5) is 11.6. The van der Waals surface area contributed by atoms with Crippen LogP contribution in [0.25, 0.3) is 0 Å². The molecule has 0 unspecified atom stereocenters. The summed E-state index contributed by atoms with van der Waals surface area (Å²) in [6, 6.07) is 4.99. The minimum absolute atomic E-state index is 0.0186. The Morgan fingerprint density at radius 3 is 2.12 bits per heavy atom. The van der Waals surface area contributed by atoms with Crippen LogP contribution in [0.3, 0.4) is 0 Å². The summed E-state index contributed by atoms with van der Waals surface area (Å²) in [5.41, 5.74) is 0. The molecular weight excluding hydrogens is 366 g/mol. The largest absolute Gasteiger partial charge is 0.355 e. The van der Waals surface area contributed by atoms with Gasteiger partial charge in [-0.1, -0.05) is 6.92 Å². The number of nitrogens with one attached hydrogen (secondary N) is 2. The van der Waals surface area contributed by atoms with Gasteiger partial charge in [-0.25, -0.2) is 21.6 Å². The van der Waals surface area contributed by atoms with E-state index in [0.717, 1.165) is 17.1 Å². The van der Waals surface area contributed by atoms with Crippen molar-refractivity contribution >= 4 is 26.0 Å². The molecule has 10 heteroatoms. The molecule has 0 atom stereocenters. The van der Waals surface area contributed by atoms with E-state index in [4.69, 9.17) is 0 Å². The maximum absolute atomic E-state index is 12.6. The molecule has 2 rings (SSSR count). The Kier molecular flexibility index (Phi) is 6.20. The zero-order valence-electron chi connectivity index (χ0n) is 14.2. The van der Waals surface area contributed by atoms with Gasteiger partial charge in [-0.2, -0.15) is 4.31 Å². The van der Waals surface area contributed by atoms with Crippen molar-refractivity contribution in [2.75, 3.05) is 19.6 Å². The number of sulfonamides is 2. The fourth-order valence-corrected chi connectivity index (χ4v) is 4.92. The first kappa shape index (κ1) is 19.8. The Morgan fingerprint density at radius 2 is 1.64 bits per heavy atom. The molecule has 0 heterocycles. The molecule has 140 valence electrons. The third-order valence-electron chi connectivity index (χ3n) is 3.72. The second-order valence-electron chi connectivity index (χ2n) is 5.75. The van der Waals surface area contributed by atoms with Gasteiger partial charge in [0, 0.05) is 19.1 Å². The van der Waals surface area contributed by atoms with Crippen LogP contribution >= 0.6 is 0 Å². The molecule has 0 aromatic heterocycles. The normalized spacial score (nSPS) is 15.3. The zero-order valence-corrected chi connectivity index (χ0v) is 15.9. The molecule has 8 nitrogen and oxygen atoms in total. The predicted octanol–water partition coefficient (Wildman–Crippen LogP) is 0.274. The number of carbonyl (C=O) groups is 1. The molecule has 0 bridgehead atoms. The number of hydrogen-bond acceptors (Lipinski definition) is 5. The van der Waals surface area contributed by atoms with Crippen molar-refractivity contribution in [1.82, 2.24) is 14.3 Å². The highest BCUT2D eigenvalue weighted by atomic mass is 32.2. The lowest BCUT2D eigenvalue weighted by Crippen LogP contribution is -2.40. The monoisotopic (exact) mass is 389 g/mol. The van der Waals surface area contributed by atoms with E-state index in [2.05, 4.69) is 10.0 Å². The first-order chi connectivity index (χ1) is 11.7. The molecular formula is C15H23N3O5S2. The highest BCUT2D eigenvalue weighted by Crippen LogP contribution is 2.23. The Labute approximate surface area is 148 Å². The Hall–Kier alpha value is -1.49. The van der Waals surface area contributed by atoms with E-state index in [-0.39, 0.29) is 34.8 Å². The number of benzene rings is 1. The van der Waals surface area contributed by atoms with E-state index >= 15 is 0 Å². The van der Waals surface area contributed by atoms with Gasteiger partial charge < -0.3 is 5.32 Å². The predicted molar refractivity (Wildman–Crippen MR) is 92.9 cm³/mol. The topological polar surface area (TPSA) is 113 Å². The standard InChI is InChI=1S/C15H23N3O5S2/c1-3-16-15(19)11-18(4-2)25(22,23)14-9-7-13(8-10-14)24(20,21)17-12-5-6-12/h7-10,12,17H,3-6,11H2,1-2H3,(H,16,19). The average molecular weight is 389 g/mol. The highest BCUT2D eigenvalue weighted by molar-refractivity contribution is 7.89. The third-order valence-corrected chi connectivity index (χ3v) is 7.19. The van der Waals surface area contributed by atoms with Gasteiger partial charge in [0.25, 0.3) is 0 Å². The van der Waals surface area contributed by atoms with Crippen molar-refractivity contribution in [3.8, 4) is 0 Å². The number of likely N-dealkylation sites (N-methyl/N-ethyl adjacent to an activating group) is 2. The first-order valence-corrected chi connectivity index (χ1v) is 11.0. The SMILES string of the molecule is CCNC(=O)CN(CC)S(=O)(=O)c1ccc(S(=O)(=O)NC2CC2)cc1. The molecule has 0 saturated heterocycles.